The quantitative estimate of drug-likeness (QED) is 0.525. The molecule has 0 aliphatic heterocycles. The van der Waals surface area contributed by atoms with Gasteiger partial charge < -0.3 is 19.0 Å². The van der Waals surface area contributed by atoms with E-state index in [4.69, 9.17) is 9.81 Å². The molecule has 1 heterocycles. The van der Waals surface area contributed by atoms with Crippen LogP contribution in [0.5, 0.6) is 0 Å². The van der Waals surface area contributed by atoms with Crippen LogP contribution in [0.1, 0.15) is 16.1 Å². The second-order valence-electron chi connectivity index (χ2n) is 3.75. The molecule has 0 amide bonds. The Bertz CT molecular complexity index is 739. The van der Waals surface area contributed by atoms with Gasteiger partial charge in [0.05, 0.1) is 14.2 Å². The molecule has 2 rings (SSSR count). The van der Waals surface area contributed by atoms with Crippen LogP contribution in [0, 0.1) is 5.39 Å². The highest BCUT2D eigenvalue weighted by atomic mass is 16.6. The van der Waals surface area contributed by atoms with E-state index in [9.17, 15) is 9.90 Å². The number of carbonyl (C=O) groups is 1. The number of esters is 1. The Labute approximate surface area is 113 Å². The minimum atomic E-state index is -0.763. The number of para-hydroxylation sites is 1. The number of ether oxygens (including phenoxy) is 2. The molecule has 2 aromatic rings. The lowest BCUT2D eigenvalue weighted by Crippen LogP contribution is -2.03. The number of aliphatic hydroxyl groups is 1. The molecule has 0 aliphatic carbocycles. The van der Waals surface area contributed by atoms with E-state index in [0.717, 1.165) is 0 Å². The van der Waals surface area contributed by atoms with Crippen molar-refractivity contribution in [1.29, 1.82) is 5.39 Å². The van der Waals surface area contributed by atoms with Gasteiger partial charge in [-0.3, -0.25) is 0 Å². The maximum absolute atomic E-state index is 11.8. The van der Waals surface area contributed by atoms with Crippen LogP contribution < -0.4 is 0 Å². The maximum Gasteiger partial charge on any atom is 0.475 e. The van der Waals surface area contributed by atoms with Crippen LogP contribution in [0.25, 0.3) is 21.6 Å². The molecule has 102 valence electrons. The molecule has 0 unspecified atom stereocenters. The Balaban J connectivity index is 2.85. The minimum absolute atomic E-state index is 0.0919. The fourth-order valence-electron chi connectivity index (χ4n) is 1.81. The number of rotatable bonds is 3. The number of nitrogens with zero attached hydrogens (tertiary/aromatic N) is 2. The first-order valence-electron chi connectivity index (χ1n) is 5.56. The molecule has 0 bridgehead atoms. The zero-order valence-corrected chi connectivity index (χ0v) is 10.8. The lowest BCUT2D eigenvalue weighted by molar-refractivity contribution is 0.0567. The van der Waals surface area contributed by atoms with Crippen molar-refractivity contribution in [3.8, 4) is 0 Å². The van der Waals surface area contributed by atoms with Gasteiger partial charge in [0.1, 0.15) is 11.1 Å². The van der Waals surface area contributed by atoms with Crippen molar-refractivity contribution in [3.63, 3.8) is 0 Å². The molecule has 1 aromatic carbocycles. The highest BCUT2D eigenvalue weighted by Gasteiger charge is 2.35. The molecular formula is C13H11N2O5+. The fourth-order valence-corrected chi connectivity index (χ4v) is 1.81. The number of methoxy groups -OCH3 is 2. The summed E-state index contributed by atoms with van der Waals surface area (Å²) in [6, 6.07) is 6.70. The van der Waals surface area contributed by atoms with Gasteiger partial charge in [0.2, 0.25) is 11.2 Å². The fraction of sp³-hybridized carbons (Fsp3) is 0.154. The third kappa shape index (κ3) is 2.03. The second kappa shape index (κ2) is 5.32. The zero-order valence-electron chi connectivity index (χ0n) is 10.8. The molecule has 0 spiro atoms. The molecule has 1 N–H and O–H groups in total. The highest BCUT2D eigenvalue weighted by molar-refractivity contribution is 6.03. The lowest BCUT2D eigenvalue weighted by Gasteiger charge is -1.96. The molecule has 0 aliphatic rings. The summed E-state index contributed by atoms with van der Waals surface area (Å²) >= 11 is 0. The number of carbonyl (C=O) groups excluding carboxylic acids is 1. The largest absolute Gasteiger partial charge is 0.475 e. The van der Waals surface area contributed by atoms with Crippen molar-refractivity contribution >= 4 is 22.6 Å². The average Bonchev–Trinajstić information content (AvgIpc) is 2.86. The summed E-state index contributed by atoms with van der Waals surface area (Å²) in [4.78, 5) is 14.7. The van der Waals surface area contributed by atoms with Crippen LogP contribution in [-0.2, 0) is 9.47 Å². The molecule has 0 saturated carbocycles. The topological polar surface area (TPSA) is 97.1 Å². The van der Waals surface area contributed by atoms with Gasteiger partial charge in [0, 0.05) is 5.39 Å². The monoisotopic (exact) mass is 275 g/mol. The summed E-state index contributed by atoms with van der Waals surface area (Å²) in [5.74, 6) is -1.60. The Kier molecular flexibility index (Phi) is 3.57. The molecule has 7 heteroatoms. The van der Waals surface area contributed by atoms with E-state index in [2.05, 4.69) is 14.4 Å². The Morgan fingerprint density at radius 1 is 1.30 bits per heavy atom. The van der Waals surface area contributed by atoms with Crippen LogP contribution in [0.2, 0.25) is 0 Å². The summed E-state index contributed by atoms with van der Waals surface area (Å²) < 4.78 is 14.6. The van der Waals surface area contributed by atoms with Gasteiger partial charge in [-0.15, -0.1) is 0 Å². The van der Waals surface area contributed by atoms with Crippen molar-refractivity contribution in [2.75, 3.05) is 14.2 Å². The summed E-state index contributed by atoms with van der Waals surface area (Å²) in [6.07, 6.45) is 0. The SMILES string of the molecule is COC(=O)c1oc2ccccc2c1/C([N+]#N)=C(\O)OC. The Morgan fingerprint density at radius 2 is 2.00 bits per heavy atom. The van der Waals surface area contributed by atoms with Crippen LogP contribution >= 0.6 is 0 Å². The average molecular weight is 275 g/mol. The summed E-state index contributed by atoms with van der Waals surface area (Å²) in [5, 5.41) is 19.2. The van der Waals surface area contributed by atoms with Gasteiger partial charge in [-0.2, -0.15) is 0 Å². The summed E-state index contributed by atoms with van der Waals surface area (Å²) in [7, 11) is 2.38. The van der Waals surface area contributed by atoms with Gasteiger partial charge in [0.25, 0.3) is 0 Å². The molecular weight excluding hydrogens is 264 g/mol. The number of diazo groups is 1. The van der Waals surface area contributed by atoms with Gasteiger partial charge in [-0.1, -0.05) is 18.2 Å². The predicted octanol–water partition coefficient (Wildman–Crippen LogP) is 2.90. The number of hydrogen-bond donors (Lipinski definition) is 1. The van der Waals surface area contributed by atoms with Crippen LogP contribution in [0.3, 0.4) is 0 Å². The van der Waals surface area contributed by atoms with Crippen molar-refractivity contribution < 1.29 is 23.8 Å². The summed E-state index contributed by atoms with van der Waals surface area (Å²) in [5.41, 5.74) is 0.153. The normalized spacial score (nSPS) is 11.7. The number of aliphatic hydroxyl groups excluding tert-OH is 1. The standard InChI is InChI=1S/C13H10N2O5/c1-18-12(16)10(15-14)9-7-5-3-4-6-8(7)20-11(9)13(17)19-2/h3-6H,1-2H3/p+1. The van der Waals surface area contributed by atoms with Crippen LogP contribution in [-0.4, -0.2) is 25.3 Å². The third-order valence-electron chi connectivity index (χ3n) is 2.70. The van der Waals surface area contributed by atoms with Crippen molar-refractivity contribution in [3.05, 3.63) is 46.5 Å². The first-order chi connectivity index (χ1) is 9.63. The van der Waals surface area contributed by atoms with Gasteiger partial charge in [0.15, 0.2) is 4.98 Å². The van der Waals surface area contributed by atoms with Crippen LogP contribution in [0.4, 0.5) is 0 Å². The number of fused-ring (bicyclic) bond motifs is 1. The Morgan fingerprint density at radius 3 is 2.60 bits per heavy atom. The van der Waals surface area contributed by atoms with E-state index >= 15 is 0 Å². The molecule has 20 heavy (non-hydrogen) atoms. The zero-order chi connectivity index (χ0) is 14.7. The van der Waals surface area contributed by atoms with Gasteiger partial charge in [-0.25, -0.2) is 4.79 Å². The first-order valence-corrected chi connectivity index (χ1v) is 5.56. The van der Waals surface area contributed by atoms with E-state index in [1.165, 1.54) is 14.2 Å². The second-order valence-corrected chi connectivity index (χ2v) is 3.75. The maximum atomic E-state index is 11.8. The smallest absolute Gasteiger partial charge is 0.475 e. The minimum Gasteiger partial charge on any atom is -0.475 e. The van der Waals surface area contributed by atoms with Crippen molar-refractivity contribution in [2.45, 2.75) is 0 Å². The predicted molar refractivity (Wildman–Crippen MR) is 69.2 cm³/mol. The molecule has 0 radical (unpaired) electrons. The summed E-state index contributed by atoms with van der Waals surface area (Å²) in [6.45, 7) is 0. The van der Waals surface area contributed by atoms with Gasteiger partial charge in [-0.05, 0) is 6.07 Å². The Hall–Kier alpha value is -3.01. The third-order valence-corrected chi connectivity index (χ3v) is 2.70. The lowest BCUT2D eigenvalue weighted by atomic mass is 10.1. The van der Waals surface area contributed by atoms with E-state index in [1.807, 2.05) is 0 Å². The molecule has 0 saturated heterocycles. The van der Waals surface area contributed by atoms with Crippen molar-refractivity contribution in [2.24, 2.45) is 0 Å². The van der Waals surface area contributed by atoms with Crippen LogP contribution in [0.15, 0.2) is 34.6 Å². The molecule has 0 atom stereocenters. The molecule has 0 fully saturated rings. The van der Waals surface area contributed by atoms with E-state index < -0.39 is 11.9 Å². The van der Waals surface area contributed by atoms with E-state index in [-0.39, 0.29) is 17.0 Å². The number of furan rings is 1. The van der Waals surface area contributed by atoms with Gasteiger partial charge >= 0.3 is 17.6 Å². The number of benzene rings is 1. The molecule has 7 nitrogen and oxygen atoms in total. The number of hydrogen-bond acceptors (Lipinski definition) is 6. The highest BCUT2D eigenvalue weighted by Crippen LogP contribution is 2.34. The molecule has 1 aromatic heterocycles. The van der Waals surface area contributed by atoms with Crippen molar-refractivity contribution in [1.82, 2.24) is 0 Å². The first kappa shape index (κ1) is 13.4. The van der Waals surface area contributed by atoms with E-state index in [1.54, 1.807) is 24.3 Å². The van der Waals surface area contributed by atoms with E-state index in [0.29, 0.717) is 11.0 Å².